The molecule has 0 atom stereocenters. The minimum absolute atomic E-state index is 0. The summed E-state index contributed by atoms with van der Waals surface area (Å²) in [5.74, 6) is -0.983. The summed E-state index contributed by atoms with van der Waals surface area (Å²) in [4.78, 5) is 46.2. The molecule has 2 aromatic heterocycles. The van der Waals surface area contributed by atoms with Gasteiger partial charge >= 0.3 is 0 Å². The Hall–Kier alpha value is -3.04. The maximum absolute atomic E-state index is 13.1. The van der Waals surface area contributed by atoms with Gasteiger partial charge in [0.1, 0.15) is 12.1 Å². The maximum Gasteiger partial charge on any atom is 0.271 e. The highest BCUT2D eigenvalue weighted by Crippen LogP contribution is 2.22. The lowest BCUT2D eigenvalue weighted by Gasteiger charge is -2.31. The van der Waals surface area contributed by atoms with Crippen LogP contribution in [0.25, 0.3) is 5.65 Å². The van der Waals surface area contributed by atoms with Gasteiger partial charge in [-0.2, -0.15) is 0 Å². The number of aromatic nitrogens is 3. The zero-order valence-electron chi connectivity index (χ0n) is 18.3. The molecule has 33 heavy (non-hydrogen) atoms. The summed E-state index contributed by atoms with van der Waals surface area (Å²) in [6, 6.07) is 5.74. The van der Waals surface area contributed by atoms with Crippen LogP contribution in [0.5, 0.6) is 0 Å². The van der Waals surface area contributed by atoms with Crippen LogP contribution in [0.1, 0.15) is 51.4 Å². The third kappa shape index (κ3) is 5.15. The molecule has 0 spiro atoms. The number of aromatic amines is 1. The molecule has 1 saturated heterocycles. The predicted molar refractivity (Wildman–Crippen MR) is 125 cm³/mol. The van der Waals surface area contributed by atoms with Crippen molar-refractivity contribution in [1.82, 2.24) is 19.3 Å². The molecule has 1 amide bonds. The number of aryl methyl sites for hydroxylation is 1. The first-order valence-electron chi connectivity index (χ1n) is 10.8. The monoisotopic (exact) mass is 475 g/mol. The largest absolute Gasteiger partial charge is 0.364 e. The second kappa shape index (κ2) is 10.3. The molecule has 1 aliphatic heterocycles. The quantitative estimate of drug-likeness (QED) is 0.510. The first kappa shape index (κ1) is 24.6. The van der Waals surface area contributed by atoms with Gasteiger partial charge in [0.2, 0.25) is 0 Å². The average Bonchev–Trinajstić information content (AvgIpc) is 3.21. The zero-order valence-corrected chi connectivity index (χ0v) is 19.2. The number of hydrogen-bond donors (Lipinski definition) is 2. The number of H-pyrrole nitrogens is 1. The topological polar surface area (TPSA) is 114 Å². The summed E-state index contributed by atoms with van der Waals surface area (Å²) < 4.78 is 14.4. The molecule has 10 heteroatoms. The Bertz CT molecular complexity index is 1210. The van der Waals surface area contributed by atoms with Crippen LogP contribution in [0.2, 0.25) is 0 Å². The lowest BCUT2D eigenvalue weighted by molar-refractivity contribution is 0.0839. The van der Waals surface area contributed by atoms with Gasteiger partial charge < -0.3 is 15.6 Å². The number of hydrogen-bond acceptors (Lipinski definition) is 5. The van der Waals surface area contributed by atoms with E-state index in [1.54, 1.807) is 19.1 Å². The Morgan fingerprint density at radius 2 is 1.88 bits per heavy atom. The van der Waals surface area contributed by atoms with Crippen molar-refractivity contribution in [2.45, 2.75) is 32.6 Å². The van der Waals surface area contributed by atoms with Crippen LogP contribution in [-0.2, 0) is 6.42 Å². The molecule has 3 aromatic rings. The van der Waals surface area contributed by atoms with E-state index < -0.39 is 5.91 Å². The van der Waals surface area contributed by atoms with Gasteiger partial charge in [-0.1, -0.05) is 0 Å². The molecule has 3 heterocycles. The number of amides is 1. The fraction of sp³-hybridized carbons (Fsp3) is 0.391. The minimum atomic E-state index is -0.684. The fourth-order valence-electron chi connectivity index (χ4n) is 4.40. The summed E-state index contributed by atoms with van der Waals surface area (Å²) in [6.07, 6.45) is 4.25. The molecule has 1 aromatic carbocycles. The number of nitrogens with two attached hydrogens (primary N) is 1. The van der Waals surface area contributed by atoms with E-state index >= 15 is 0 Å². The molecule has 0 saturated carbocycles. The zero-order chi connectivity index (χ0) is 22.8. The molecule has 0 radical (unpaired) electrons. The number of primary amides is 1. The number of likely N-dealkylation sites (tertiary alicyclic amines) is 1. The SMILES string of the molecule is Cc1[nH]c2c(C(N)=O)ncn2c(=O)c1CCCN1CCC(C(=O)c2ccc(F)cc2)CC1.Cl. The Balaban J connectivity index is 0.00000306. The Kier molecular flexibility index (Phi) is 7.65. The second-order valence-electron chi connectivity index (χ2n) is 8.30. The molecular formula is C23H27ClFN5O3. The van der Waals surface area contributed by atoms with Crippen molar-refractivity contribution >= 4 is 29.7 Å². The van der Waals surface area contributed by atoms with Gasteiger partial charge in [-0.15, -0.1) is 12.4 Å². The van der Waals surface area contributed by atoms with Crippen LogP contribution in [0.15, 0.2) is 35.4 Å². The van der Waals surface area contributed by atoms with Crippen molar-refractivity contribution in [2.75, 3.05) is 19.6 Å². The van der Waals surface area contributed by atoms with E-state index in [0.717, 1.165) is 38.9 Å². The number of ketones is 1. The van der Waals surface area contributed by atoms with Gasteiger partial charge in [0, 0.05) is 22.7 Å². The van der Waals surface area contributed by atoms with Crippen LogP contribution in [-0.4, -0.2) is 50.6 Å². The Labute approximate surface area is 196 Å². The van der Waals surface area contributed by atoms with Gasteiger partial charge in [-0.25, -0.2) is 9.37 Å². The molecule has 176 valence electrons. The van der Waals surface area contributed by atoms with E-state index in [9.17, 15) is 18.8 Å². The van der Waals surface area contributed by atoms with Gasteiger partial charge in [0.25, 0.3) is 11.5 Å². The van der Waals surface area contributed by atoms with E-state index in [1.807, 2.05) is 0 Å². The first-order valence-corrected chi connectivity index (χ1v) is 10.8. The van der Waals surface area contributed by atoms with Crippen LogP contribution in [0, 0.1) is 18.7 Å². The lowest BCUT2D eigenvalue weighted by atomic mass is 9.89. The van der Waals surface area contributed by atoms with E-state index in [2.05, 4.69) is 14.9 Å². The third-order valence-corrected chi connectivity index (χ3v) is 6.22. The number of Topliss-reactive ketones (excluding diaryl/α,β-unsaturated/α-hetero) is 1. The number of benzene rings is 1. The Morgan fingerprint density at radius 3 is 2.52 bits per heavy atom. The number of carbonyl (C=O) groups is 2. The fourth-order valence-corrected chi connectivity index (χ4v) is 4.40. The van der Waals surface area contributed by atoms with Crippen LogP contribution in [0.4, 0.5) is 4.39 Å². The summed E-state index contributed by atoms with van der Waals surface area (Å²) in [7, 11) is 0. The van der Waals surface area contributed by atoms with Crippen molar-refractivity contribution in [3.05, 3.63) is 69.3 Å². The number of halogens is 2. The molecule has 4 rings (SSSR count). The number of nitrogens with zero attached hydrogens (tertiary/aromatic N) is 3. The maximum atomic E-state index is 13.1. The van der Waals surface area contributed by atoms with E-state index in [1.165, 1.54) is 22.9 Å². The molecule has 0 unspecified atom stereocenters. The summed E-state index contributed by atoms with van der Waals surface area (Å²) in [5, 5.41) is 0. The van der Waals surface area contributed by atoms with Crippen molar-refractivity contribution < 1.29 is 14.0 Å². The van der Waals surface area contributed by atoms with Crippen LogP contribution in [0.3, 0.4) is 0 Å². The molecule has 1 aliphatic rings. The van der Waals surface area contributed by atoms with Gasteiger partial charge in [0.15, 0.2) is 17.1 Å². The second-order valence-corrected chi connectivity index (χ2v) is 8.30. The normalized spacial score (nSPS) is 14.8. The summed E-state index contributed by atoms with van der Waals surface area (Å²) >= 11 is 0. The number of nitrogens with one attached hydrogen (secondary N) is 1. The minimum Gasteiger partial charge on any atom is -0.364 e. The van der Waals surface area contributed by atoms with Gasteiger partial charge in [-0.3, -0.25) is 18.8 Å². The highest BCUT2D eigenvalue weighted by Gasteiger charge is 2.25. The molecular weight excluding hydrogens is 449 g/mol. The summed E-state index contributed by atoms with van der Waals surface area (Å²) in [5.41, 5.74) is 7.41. The highest BCUT2D eigenvalue weighted by atomic mass is 35.5. The number of rotatable bonds is 7. The highest BCUT2D eigenvalue weighted by molar-refractivity contribution is 5.98. The average molecular weight is 476 g/mol. The van der Waals surface area contributed by atoms with Crippen molar-refractivity contribution in [3.63, 3.8) is 0 Å². The Morgan fingerprint density at radius 1 is 1.21 bits per heavy atom. The standard InChI is InChI=1S/C23H26FN5O3.ClH/c1-14-18(23(32)29-13-26-19(21(25)31)22(29)27-14)3-2-10-28-11-8-16(9-12-28)20(30)15-4-6-17(24)7-5-15;/h4-7,13,16,27H,2-3,8-12H2,1H3,(H2,25,31);1H. The van der Waals surface area contributed by atoms with Crippen molar-refractivity contribution in [3.8, 4) is 0 Å². The molecule has 3 N–H and O–H groups in total. The van der Waals surface area contributed by atoms with Crippen molar-refractivity contribution in [1.29, 1.82) is 0 Å². The predicted octanol–water partition coefficient (Wildman–Crippen LogP) is 2.52. The van der Waals surface area contributed by atoms with Crippen LogP contribution >= 0.6 is 12.4 Å². The molecule has 1 fully saturated rings. The van der Waals surface area contributed by atoms with Crippen molar-refractivity contribution in [2.24, 2.45) is 11.7 Å². The van der Waals surface area contributed by atoms with Crippen LogP contribution < -0.4 is 11.3 Å². The number of carbonyl (C=O) groups excluding carboxylic acids is 2. The van der Waals surface area contributed by atoms with Gasteiger partial charge in [-0.05, 0) is 76.5 Å². The lowest BCUT2D eigenvalue weighted by Crippen LogP contribution is -2.37. The number of piperidine rings is 1. The number of imidazole rings is 1. The van der Waals surface area contributed by atoms with E-state index in [0.29, 0.717) is 28.9 Å². The number of fused-ring (bicyclic) bond motifs is 1. The molecule has 8 nitrogen and oxygen atoms in total. The third-order valence-electron chi connectivity index (χ3n) is 6.22. The van der Waals surface area contributed by atoms with E-state index in [-0.39, 0.29) is 41.2 Å². The smallest absolute Gasteiger partial charge is 0.271 e. The van der Waals surface area contributed by atoms with E-state index in [4.69, 9.17) is 5.73 Å². The summed E-state index contributed by atoms with van der Waals surface area (Å²) in [6.45, 7) is 4.26. The molecule has 0 bridgehead atoms. The van der Waals surface area contributed by atoms with Gasteiger partial charge in [0.05, 0.1) is 0 Å². The first-order chi connectivity index (χ1) is 15.3. The molecule has 0 aliphatic carbocycles.